The minimum absolute atomic E-state index is 0.0651. The maximum atomic E-state index is 11.1. The monoisotopic (exact) mass is 198 g/mol. The summed E-state index contributed by atoms with van der Waals surface area (Å²) in [4.78, 5) is 3.19. The van der Waals surface area contributed by atoms with E-state index in [1.54, 1.807) is 12.4 Å². The second-order valence-electron chi connectivity index (χ2n) is 3.58. The number of hydroxylamine groups is 2. The van der Waals surface area contributed by atoms with Crippen molar-refractivity contribution < 1.29 is 5.06 Å². The summed E-state index contributed by atoms with van der Waals surface area (Å²) >= 11 is 0. The molecule has 0 saturated heterocycles. The summed E-state index contributed by atoms with van der Waals surface area (Å²) in [7, 11) is 0. The fourth-order valence-electron chi connectivity index (χ4n) is 1.90. The van der Waals surface area contributed by atoms with Gasteiger partial charge in [0, 0.05) is 34.3 Å². The molecular weight excluding hydrogens is 188 g/mol. The molecule has 15 heavy (non-hydrogen) atoms. The number of H-pyrrole nitrogens is 1. The van der Waals surface area contributed by atoms with Crippen LogP contribution in [0.1, 0.15) is 5.56 Å². The molecule has 0 radical (unpaired) electrons. The summed E-state index contributed by atoms with van der Waals surface area (Å²) in [6, 6.07) is 8.08. The number of para-hydroxylation sites is 1. The lowest BCUT2D eigenvalue weighted by molar-refractivity contribution is -0.726. The van der Waals surface area contributed by atoms with E-state index in [1.807, 2.05) is 30.5 Å². The molecule has 1 aliphatic heterocycles. The average Bonchev–Trinajstić information content (AvgIpc) is 2.83. The topological polar surface area (TPSA) is 43.3 Å². The molecule has 0 amide bonds. The lowest BCUT2D eigenvalue weighted by atomic mass is 10.1. The van der Waals surface area contributed by atoms with Crippen molar-refractivity contribution in [3.05, 3.63) is 59.7 Å². The number of aromatic amines is 1. The summed E-state index contributed by atoms with van der Waals surface area (Å²) in [5.41, 5.74) is 3.17. The molecule has 0 saturated carbocycles. The molecule has 1 aromatic carbocycles. The summed E-state index contributed by atoms with van der Waals surface area (Å²) in [6.45, 7) is 0. The molecule has 2 aromatic rings. The second-order valence-corrected chi connectivity index (χ2v) is 3.58. The zero-order chi connectivity index (χ0) is 10.3. The van der Waals surface area contributed by atoms with Crippen LogP contribution in [0.5, 0.6) is 0 Å². The number of hydrogen-bond acceptors (Lipinski definition) is 1. The molecular formula is C12H10N2O. The van der Waals surface area contributed by atoms with E-state index in [4.69, 9.17) is 0 Å². The third kappa shape index (κ3) is 1.29. The lowest BCUT2D eigenvalue weighted by Crippen LogP contribution is -2.95. The van der Waals surface area contributed by atoms with Gasteiger partial charge in [-0.1, -0.05) is 18.2 Å². The molecule has 0 aliphatic carbocycles. The van der Waals surface area contributed by atoms with Crippen LogP contribution in [-0.2, 0) is 0 Å². The van der Waals surface area contributed by atoms with Gasteiger partial charge in [0.2, 0.25) is 0 Å². The van der Waals surface area contributed by atoms with Crippen LogP contribution in [0.4, 0.5) is 0 Å². The smallest absolute Gasteiger partial charge is 0.107 e. The second kappa shape index (κ2) is 3.08. The first kappa shape index (κ1) is 8.47. The zero-order valence-corrected chi connectivity index (χ0v) is 8.03. The van der Waals surface area contributed by atoms with Crippen LogP contribution in [0.15, 0.2) is 48.9 Å². The van der Waals surface area contributed by atoms with E-state index in [0.29, 0.717) is 0 Å². The molecule has 1 atom stereocenters. The van der Waals surface area contributed by atoms with Crippen molar-refractivity contribution in [2.75, 3.05) is 0 Å². The highest BCUT2D eigenvalue weighted by molar-refractivity contribution is 5.94. The Morgan fingerprint density at radius 2 is 2.07 bits per heavy atom. The van der Waals surface area contributed by atoms with Crippen molar-refractivity contribution in [1.82, 2.24) is 4.98 Å². The van der Waals surface area contributed by atoms with Crippen molar-refractivity contribution in [3.63, 3.8) is 0 Å². The molecule has 1 aliphatic rings. The summed E-state index contributed by atoms with van der Waals surface area (Å²) in [6.07, 6.45) is 7.06. The number of benzene rings is 1. The highest BCUT2D eigenvalue weighted by atomic mass is 16.5. The highest BCUT2D eigenvalue weighted by Crippen LogP contribution is 2.25. The van der Waals surface area contributed by atoms with Crippen molar-refractivity contribution >= 4 is 16.5 Å². The van der Waals surface area contributed by atoms with E-state index < -0.39 is 0 Å². The fourth-order valence-corrected chi connectivity index (χ4v) is 1.90. The first-order chi connectivity index (χ1) is 7.34. The van der Waals surface area contributed by atoms with E-state index in [-0.39, 0.29) is 5.06 Å². The van der Waals surface area contributed by atoms with E-state index in [0.717, 1.165) is 22.0 Å². The third-order valence-corrected chi connectivity index (χ3v) is 2.63. The summed E-state index contributed by atoms with van der Waals surface area (Å²) in [5.74, 6) is 0. The molecule has 3 heteroatoms. The molecule has 2 heterocycles. The number of allylic oxidation sites excluding steroid dienone is 2. The molecule has 1 unspecified atom stereocenters. The molecule has 1 aromatic heterocycles. The molecule has 74 valence electrons. The van der Waals surface area contributed by atoms with E-state index in [2.05, 4.69) is 11.1 Å². The predicted octanol–water partition coefficient (Wildman–Crippen LogP) is 1.42. The third-order valence-electron chi connectivity index (χ3n) is 2.63. The Morgan fingerprint density at radius 1 is 1.20 bits per heavy atom. The Balaban J connectivity index is 2.20. The van der Waals surface area contributed by atoms with Crippen LogP contribution in [0.2, 0.25) is 0 Å². The van der Waals surface area contributed by atoms with Crippen LogP contribution in [0, 0.1) is 5.21 Å². The normalized spacial score (nSPS) is 19.8. The fraction of sp³-hybridized carbons (Fsp3) is 0. The van der Waals surface area contributed by atoms with Crippen LogP contribution in [-0.4, -0.2) is 4.98 Å². The first-order valence-electron chi connectivity index (χ1n) is 4.85. The molecule has 0 bridgehead atoms. The van der Waals surface area contributed by atoms with Crippen molar-refractivity contribution in [3.8, 4) is 0 Å². The number of nitrogens with one attached hydrogen (secondary N) is 2. The maximum Gasteiger partial charge on any atom is 0.107 e. The van der Waals surface area contributed by atoms with Gasteiger partial charge in [-0.05, 0) is 6.07 Å². The van der Waals surface area contributed by atoms with Gasteiger partial charge < -0.3 is 15.3 Å². The standard InChI is InChI=1S/C12H10N2O/c15-14-6-5-9(8-14)11-7-13-12-4-2-1-3-10(11)12/h1-8,13-14H. The van der Waals surface area contributed by atoms with Gasteiger partial charge in [0.15, 0.2) is 0 Å². The van der Waals surface area contributed by atoms with Gasteiger partial charge in [-0.2, -0.15) is 0 Å². The van der Waals surface area contributed by atoms with Crippen LogP contribution >= 0.6 is 0 Å². The molecule has 2 N–H and O–H groups in total. The van der Waals surface area contributed by atoms with Crippen LogP contribution in [0.3, 0.4) is 0 Å². The lowest BCUT2D eigenvalue weighted by Gasteiger charge is -2.05. The molecule has 0 fully saturated rings. The minimum atomic E-state index is 0.0651. The van der Waals surface area contributed by atoms with Crippen molar-refractivity contribution in [2.24, 2.45) is 0 Å². The SMILES string of the molecule is [O-][NH+]1C=CC(c2c[nH]c3ccccc23)=C1. The number of rotatable bonds is 1. The van der Waals surface area contributed by atoms with Gasteiger partial charge in [0.05, 0.1) is 6.20 Å². The Hall–Kier alpha value is -1.84. The van der Waals surface area contributed by atoms with E-state index in [9.17, 15) is 5.21 Å². The van der Waals surface area contributed by atoms with Gasteiger partial charge in [0.1, 0.15) is 6.20 Å². The van der Waals surface area contributed by atoms with Gasteiger partial charge in [-0.3, -0.25) is 0 Å². The predicted molar refractivity (Wildman–Crippen MR) is 59.7 cm³/mol. The quantitative estimate of drug-likeness (QED) is 0.669. The Morgan fingerprint density at radius 3 is 2.87 bits per heavy atom. The molecule has 3 nitrogen and oxygen atoms in total. The Bertz CT molecular complexity index is 566. The summed E-state index contributed by atoms with van der Waals surface area (Å²) in [5, 5.41) is 12.3. The zero-order valence-electron chi connectivity index (χ0n) is 8.03. The summed E-state index contributed by atoms with van der Waals surface area (Å²) < 4.78 is 0. The largest absolute Gasteiger partial charge is 0.624 e. The van der Waals surface area contributed by atoms with Crippen LogP contribution in [0.25, 0.3) is 16.5 Å². The average molecular weight is 198 g/mol. The number of aromatic nitrogens is 1. The van der Waals surface area contributed by atoms with Gasteiger partial charge in [0.25, 0.3) is 0 Å². The Labute approximate surface area is 86.9 Å². The number of quaternary nitrogens is 1. The van der Waals surface area contributed by atoms with Crippen molar-refractivity contribution in [1.29, 1.82) is 0 Å². The van der Waals surface area contributed by atoms with Crippen molar-refractivity contribution in [2.45, 2.75) is 0 Å². The Kier molecular flexibility index (Phi) is 1.74. The first-order valence-corrected chi connectivity index (χ1v) is 4.85. The minimum Gasteiger partial charge on any atom is -0.624 e. The van der Waals surface area contributed by atoms with Gasteiger partial charge in [-0.15, -0.1) is 0 Å². The van der Waals surface area contributed by atoms with Gasteiger partial charge >= 0.3 is 0 Å². The molecule has 0 spiro atoms. The van der Waals surface area contributed by atoms with Gasteiger partial charge in [-0.25, -0.2) is 0 Å². The maximum absolute atomic E-state index is 11.1. The number of fused-ring (bicyclic) bond motifs is 1. The molecule has 3 rings (SSSR count). The highest BCUT2D eigenvalue weighted by Gasteiger charge is 2.11. The number of hydrogen-bond donors (Lipinski definition) is 2. The van der Waals surface area contributed by atoms with E-state index >= 15 is 0 Å². The van der Waals surface area contributed by atoms with E-state index in [1.165, 1.54) is 0 Å². The van der Waals surface area contributed by atoms with Crippen LogP contribution < -0.4 is 5.06 Å².